The van der Waals surface area contributed by atoms with Gasteiger partial charge >= 0.3 is 0 Å². The lowest BCUT2D eigenvalue weighted by Crippen LogP contribution is -2.14. The van der Waals surface area contributed by atoms with Crippen LogP contribution in [0.4, 0.5) is 11.4 Å². The molecule has 3 rings (SSSR count). The smallest absolute Gasteiger partial charge is 0.292 e. The molecule has 0 heterocycles. The van der Waals surface area contributed by atoms with Crippen LogP contribution in [0.3, 0.4) is 0 Å². The van der Waals surface area contributed by atoms with E-state index in [9.17, 15) is 20.2 Å². The van der Waals surface area contributed by atoms with E-state index in [-0.39, 0.29) is 16.9 Å². The molecule has 0 radical (unpaired) electrons. The average molecular weight is 443 g/mol. The number of anilines is 1. The number of nitriles is 1. The number of nitro benzene ring substituents is 1. The third-order valence-corrected chi connectivity index (χ3v) is 4.73. The Bertz CT molecular complexity index is 1240. The number of nitrogens with one attached hydrogen (secondary N) is 1. The van der Waals surface area contributed by atoms with E-state index in [1.54, 1.807) is 24.3 Å². The van der Waals surface area contributed by atoms with Gasteiger partial charge in [0.15, 0.2) is 11.5 Å². The Hall–Kier alpha value is -4.64. The van der Waals surface area contributed by atoms with Gasteiger partial charge in [-0.2, -0.15) is 5.26 Å². The number of para-hydroxylation sites is 2. The first-order valence-electron chi connectivity index (χ1n) is 9.94. The van der Waals surface area contributed by atoms with Crippen molar-refractivity contribution in [2.24, 2.45) is 0 Å². The van der Waals surface area contributed by atoms with Gasteiger partial charge in [-0.05, 0) is 42.3 Å². The maximum absolute atomic E-state index is 12.5. The minimum absolute atomic E-state index is 0.00563. The van der Waals surface area contributed by atoms with Crippen LogP contribution in [0.15, 0.2) is 72.3 Å². The summed E-state index contributed by atoms with van der Waals surface area (Å²) in [6.45, 7) is 2.37. The maximum Gasteiger partial charge on any atom is 0.292 e. The average Bonchev–Trinajstić information content (AvgIpc) is 2.82. The molecule has 0 saturated heterocycles. The summed E-state index contributed by atoms with van der Waals surface area (Å²) in [7, 11) is 1.49. The van der Waals surface area contributed by atoms with Crippen LogP contribution >= 0.6 is 0 Å². The van der Waals surface area contributed by atoms with Crippen molar-refractivity contribution in [3.63, 3.8) is 0 Å². The minimum atomic E-state index is -0.759. The van der Waals surface area contributed by atoms with Gasteiger partial charge in [0, 0.05) is 6.07 Å². The Morgan fingerprint density at radius 1 is 1.12 bits per heavy atom. The largest absolute Gasteiger partial charge is 0.493 e. The monoisotopic (exact) mass is 443 g/mol. The van der Waals surface area contributed by atoms with Gasteiger partial charge in [0.1, 0.15) is 23.9 Å². The minimum Gasteiger partial charge on any atom is -0.493 e. The Kier molecular flexibility index (Phi) is 7.39. The summed E-state index contributed by atoms with van der Waals surface area (Å²) in [5.41, 5.74) is 2.22. The molecule has 1 N–H and O–H groups in total. The first kappa shape index (κ1) is 23.0. The Balaban J connectivity index is 1.78. The van der Waals surface area contributed by atoms with Crippen LogP contribution in [-0.4, -0.2) is 17.9 Å². The van der Waals surface area contributed by atoms with E-state index in [2.05, 4.69) is 5.32 Å². The number of hydrogen-bond donors (Lipinski definition) is 1. The van der Waals surface area contributed by atoms with Gasteiger partial charge in [-0.25, -0.2) is 0 Å². The zero-order chi connectivity index (χ0) is 23.8. The lowest BCUT2D eigenvalue weighted by molar-refractivity contribution is -0.383. The summed E-state index contributed by atoms with van der Waals surface area (Å²) in [5.74, 6) is 0.191. The van der Waals surface area contributed by atoms with Crippen molar-refractivity contribution in [3.8, 4) is 17.6 Å². The molecule has 0 bridgehead atoms. The third kappa shape index (κ3) is 5.95. The van der Waals surface area contributed by atoms with Crippen LogP contribution in [0.1, 0.15) is 16.7 Å². The molecular weight excluding hydrogens is 422 g/mol. The zero-order valence-corrected chi connectivity index (χ0v) is 18.1. The van der Waals surface area contributed by atoms with Crippen LogP contribution in [0.25, 0.3) is 6.08 Å². The van der Waals surface area contributed by atoms with E-state index in [4.69, 9.17) is 9.47 Å². The number of ether oxygens (including phenoxy) is 2. The molecule has 1 amide bonds. The van der Waals surface area contributed by atoms with E-state index < -0.39 is 10.8 Å². The molecule has 0 aliphatic heterocycles. The molecule has 0 saturated carbocycles. The quantitative estimate of drug-likeness (QED) is 0.226. The second-order valence-corrected chi connectivity index (χ2v) is 7.08. The number of amides is 1. The Labute approximate surface area is 190 Å². The highest BCUT2D eigenvalue weighted by atomic mass is 16.6. The van der Waals surface area contributed by atoms with Crippen molar-refractivity contribution in [1.82, 2.24) is 0 Å². The Morgan fingerprint density at radius 3 is 2.52 bits per heavy atom. The summed E-state index contributed by atoms with van der Waals surface area (Å²) in [6, 6.07) is 20.5. The van der Waals surface area contributed by atoms with Crippen LogP contribution < -0.4 is 14.8 Å². The van der Waals surface area contributed by atoms with Gasteiger partial charge in [-0.1, -0.05) is 48.0 Å². The van der Waals surface area contributed by atoms with Crippen molar-refractivity contribution in [3.05, 3.63) is 99.1 Å². The van der Waals surface area contributed by atoms with Crippen molar-refractivity contribution in [1.29, 1.82) is 5.26 Å². The predicted molar refractivity (Wildman–Crippen MR) is 124 cm³/mol. The van der Waals surface area contributed by atoms with Gasteiger partial charge in [-0.15, -0.1) is 0 Å². The number of aryl methyl sites for hydroxylation is 1. The summed E-state index contributed by atoms with van der Waals surface area (Å²) in [4.78, 5) is 23.1. The number of carbonyl (C=O) groups is 1. The van der Waals surface area contributed by atoms with E-state index in [1.807, 2.05) is 37.3 Å². The molecule has 33 heavy (non-hydrogen) atoms. The molecule has 0 fully saturated rings. The number of carbonyl (C=O) groups excluding carboxylic acids is 1. The molecule has 0 aromatic heterocycles. The molecule has 0 aliphatic carbocycles. The molecular formula is C25H21N3O5. The van der Waals surface area contributed by atoms with Crippen LogP contribution in [0, 0.1) is 28.4 Å². The fraction of sp³-hybridized carbons (Fsp3) is 0.120. The van der Waals surface area contributed by atoms with E-state index in [0.717, 1.165) is 11.1 Å². The summed E-state index contributed by atoms with van der Waals surface area (Å²) in [5, 5.41) is 23.0. The van der Waals surface area contributed by atoms with Gasteiger partial charge < -0.3 is 14.8 Å². The zero-order valence-electron chi connectivity index (χ0n) is 18.1. The summed E-state index contributed by atoms with van der Waals surface area (Å²) in [6.07, 6.45) is 1.37. The first-order valence-corrected chi connectivity index (χ1v) is 9.94. The molecule has 166 valence electrons. The highest BCUT2D eigenvalue weighted by Gasteiger charge is 2.17. The third-order valence-electron chi connectivity index (χ3n) is 4.73. The highest BCUT2D eigenvalue weighted by Crippen LogP contribution is 2.30. The van der Waals surface area contributed by atoms with E-state index in [0.29, 0.717) is 23.7 Å². The number of hydrogen-bond acceptors (Lipinski definition) is 6. The number of methoxy groups -OCH3 is 1. The predicted octanol–water partition coefficient (Wildman–Crippen LogP) is 5.04. The van der Waals surface area contributed by atoms with Crippen LogP contribution in [0.2, 0.25) is 0 Å². The van der Waals surface area contributed by atoms with Crippen molar-refractivity contribution >= 4 is 23.4 Å². The standard InChI is InChI=1S/C25H21N3O5/c1-17-7-9-18(10-8-17)16-33-23-12-11-19(14-24(23)32-2)13-20(15-26)25(29)27-21-5-3-4-6-22(21)28(30)31/h3-14H,16H2,1-2H3,(H,27,29)/b20-13+. The van der Waals surface area contributed by atoms with Gasteiger partial charge in [0.05, 0.1) is 12.0 Å². The molecule has 8 heteroatoms. The fourth-order valence-corrected chi connectivity index (χ4v) is 2.98. The molecule has 3 aromatic carbocycles. The normalized spacial score (nSPS) is 10.8. The van der Waals surface area contributed by atoms with Gasteiger partial charge in [-0.3, -0.25) is 14.9 Å². The van der Waals surface area contributed by atoms with E-state index >= 15 is 0 Å². The van der Waals surface area contributed by atoms with Crippen molar-refractivity contribution in [2.45, 2.75) is 13.5 Å². The Morgan fingerprint density at radius 2 is 1.85 bits per heavy atom. The van der Waals surface area contributed by atoms with Gasteiger partial charge in [0.25, 0.3) is 11.6 Å². The van der Waals surface area contributed by atoms with Gasteiger partial charge in [0.2, 0.25) is 0 Å². The number of nitro groups is 1. The maximum atomic E-state index is 12.5. The number of benzene rings is 3. The lowest BCUT2D eigenvalue weighted by atomic mass is 10.1. The van der Waals surface area contributed by atoms with Crippen LogP contribution in [0.5, 0.6) is 11.5 Å². The summed E-state index contributed by atoms with van der Waals surface area (Å²) >= 11 is 0. The highest BCUT2D eigenvalue weighted by molar-refractivity contribution is 6.10. The first-order chi connectivity index (χ1) is 15.9. The molecule has 0 unspecified atom stereocenters. The SMILES string of the molecule is COc1cc(/C=C(\C#N)C(=O)Nc2ccccc2[N+](=O)[O-])ccc1OCc1ccc(C)cc1. The molecule has 3 aromatic rings. The fourth-order valence-electron chi connectivity index (χ4n) is 2.98. The topological polar surface area (TPSA) is 114 Å². The molecule has 8 nitrogen and oxygen atoms in total. The second kappa shape index (κ2) is 10.6. The molecule has 0 atom stereocenters. The van der Waals surface area contributed by atoms with Crippen molar-refractivity contribution in [2.75, 3.05) is 12.4 Å². The summed E-state index contributed by atoms with van der Waals surface area (Å²) < 4.78 is 11.2. The number of rotatable bonds is 8. The number of nitrogens with zero attached hydrogens (tertiary/aromatic N) is 2. The molecule has 0 spiro atoms. The lowest BCUT2D eigenvalue weighted by Gasteiger charge is -2.12. The van der Waals surface area contributed by atoms with E-state index in [1.165, 1.54) is 31.4 Å². The van der Waals surface area contributed by atoms with Crippen molar-refractivity contribution < 1.29 is 19.2 Å². The van der Waals surface area contributed by atoms with Crippen LogP contribution in [-0.2, 0) is 11.4 Å². The molecule has 0 aliphatic rings. The second-order valence-electron chi connectivity index (χ2n) is 7.08.